The molecule has 2 bridgehead atoms. The molecule has 0 aromatic heterocycles. The highest BCUT2D eigenvalue weighted by Gasteiger charge is 2.54. The van der Waals surface area contributed by atoms with Crippen molar-refractivity contribution in [2.24, 2.45) is 11.3 Å². The number of rotatable bonds is 8. The maximum Gasteiger partial charge on any atom is 0.192 e. The van der Waals surface area contributed by atoms with E-state index in [1.165, 1.54) is 5.57 Å². The molecule has 0 N–H and O–H groups in total. The molecule has 30 heavy (non-hydrogen) atoms. The second-order valence-corrected chi connectivity index (χ2v) is 15.4. The third kappa shape index (κ3) is 4.99. The maximum absolute atomic E-state index is 12.7. The molecule has 3 rings (SSSR count). The van der Waals surface area contributed by atoms with Gasteiger partial charge in [-0.15, -0.1) is 0 Å². The number of methoxy groups -OCH3 is 1. The van der Waals surface area contributed by atoms with Crippen molar-refractivity contribution in [2.75, 3.05) is 27.1 Å². The van der Waals surface area contributed by atoms with Gasteiger partial charge in [0, 0.05) is 24.9 Å². The van der Waals surface area contributed by atoms with Gasteiger partial charge in [-0.2, -0.15) is 0 Å². The summed E-state index contributed by atoms with van der Waals surface area (Å²) in [5, 5.41) is 0.141. The molecular weight excluding hydrogens is 396 g/mol. The van der Waals surface area contributed by atoms with E-state index in [0.717, 1.165) is 25.7 Å². The Hall–Kier alpha value is -0.793. The van der Waals surface area contributed by atoms with Gasteiger partial charge < -0.3 is 18.6 Å². The fourth-order valence-corrected chi connectivity index (χ4v) is 6.23. The van der Waals surface area contributed by atoms with Crippen LogP contribution in [-0.2, 0) is 23.4 Å². The second-order valence-electron chi connectivity index (χ2n) is 10.6. The van der Waals surface area contributed by atoms with E-state index in [9.17, 15) is 4.79 Å². The Bertz CT molecular complexity index is 678. The van der Waals surface area contributed by atoms with E-state index in [2.05, 4.69) is 46.0 Å². The predicted molar refractivity (Wildman–Crippen MR) is 121 cm³/mol. The van der Waals surface area contributed by atoms with Crippen molar-refractivity contribution in [3.05, 3.63) is 23.8 Å². The van der Waals surface area contributed by atoms with Crippen LogP contribution in [0.15, 0.2) is 23.8 Å². The van der Waals surface area contributed by atoms with Gasteiger partial charge in [0.05, 0.1) is 25.4 Å². The molecule has 0 heterocycles. The number of hydrogen-bond acceptors (Lipinski definition) is 5. The molecule has 0 radical (unpaired) electrons. The number of ether oxygens (including phenoxy) is 3. The van der Waals surface area contributed by atoms with Crippen LogP contribution in [0, 0.1) is 11.3 Å². The van der Waals surface area contributed by atoms with Crippen LogP contribution in [0.5, 0.6) is 0 Å². The smallest absolute Gasteiger partial charge is 0.192 e. The van der Waals surface area contributed by atoms with E-state index in [1.54, 1.807) is 7.11 Å². The van der Waals surface area contributed by atoms with E-state index in [1.807, 2.05) is 6.08 Å². The quantitative estimate of drug-likeness (QED) is 0.231. The van der Waals surface area contributed by atoms with Gasteiger partial charge in [-0.25, -0.2) is 0 Å². The summed E-state index contributed by atoms with van der Waals surface area (Å²) in [6, 6.07) is 0. The lowest BCUT2D eigenvalue weighted by molar-refractivity contribution is -0.120. The van der Waals surface area contributed by atoms with E-state index in [4.69, 9.17) is 18.6 Å². The van der Waals surface area contributed by atoms with E-state index in [0.29, 0.717) is 25.6 Å². The van der Waals surface area contributed by atoms with Crippen molar-refractivity contribution in [3.8, 4) is 0 Å². The van der Waals surface area contributed by atoms with Gasteiger partial charge in [-0.05, 0) is 49.9 Å². The highest BCUT2D eigenvalue weighted by molar-refractivity contribution is 6.74. The van der Waals surface area contributed by atoms with Crippen molar-refractivity contribution >= 4 is 14.1 Å². The molecule has 0 aromatic carbocycles. The van der Waals surface area contributed by atoms with E-state index >= 15 is 0 Å². The summed E-state index contributed by atoms with van der Waals surface area (Å²) >= 11 is 0. The van der Waals surface area contributed by atoms with Crippen LogP contribution in [0.2, 0.25) is 18.1 Å². The van der Waals surface area contributed by atoms with Crippen LogP contribution in [0.4, 0.5) is 0 Å². The minimum Gasteiger partial charge on any atom is -0.412 e. The number of hydrogen-bond donors (Lipinski definition) is 0. The molecular formula is C24H40O5Si. The van der Waals surface area contributed by atoms with Gasteiger partial charge in [-0.3, -0.25) is 4.79 Å². The molecule has 3 aliphatic rings. The predicted octanol–water partition coefficient (Wildman–Crippen LogP) is 5.03. The largest absolute Gasteiger partial charge is 0.412 e. The molecule has 1 saturated carbocycles. The number of fused-ring (bicyclic) bond motifs is 1. The summed E-state index contributed by atoms with van der Waals surface area (Å²) in [6.07, 6.45) is 10.8. The molecule has 0 aromatic rings. The van der Waals surface area contributed by atoms with Crippen molar-refractivity contribution in [1.29, 1.82) is 0 Å². The number of carbonyl (C=O) groups is 1. The van der Waals surface area contributed by atoms with Crippen LogP contribution in [0.3, 0.4) is 0 Å². The molecule has 3 unspecified atom stereocenters. The second kappa shape index (κ2) is 9.37. The Balaban J connectivity index is 1.82. The van der Waals surface area contributed by atoms with Crippen molar-refractivity contribution in [2.45, 2.75) is 83.2 Å². The molecule has 3 aliphatic carbocycles. The third-order valence-corrected chi connectivity index (χ3v) is 12.1. The van der Waals surface area contributed by atoms with Gasteiger partial charge in [-0.1, -0.05) is 38.5 Å². The molecule has 0 amide bonds. The summed E-state index contributed by atoms with van der Waals surface area (Å²) in [5.41, 5.74) is 1.18. The average molecular weight is 437 g/mol. The lowest BCUT2D eigenvalue weighted by Crippen LogP contribution is -2.55. The zero-order valence-corrected chi connectivity index (χ0v) is 20.7. The number of ketones is 1. The zero-order chi connectivity index (χ0) is 22.0. The van der Waals surface area contributed by atoms with Crippen LogP contribution in [0.25, 0.3) is 0 Å². The van der Waals surface area contributed by atoms with Gasteiger partial charge in [0.1, 0.15) is 6.79 Å². The highest BCUT2D eigenvalue weighted by Crippen LogP contribution is 2.56. The summed E-state index contributed by atoms with van der Waals surface area (Å²) in [5.74, 6) is 0.550. The number of allylic oxidation sites excluding steroid dienone is 1. The molecule has 0 aliphatic heterocycles. The first kappa shape index (κ1) is 23.9. The van der Waals surface area contributed by atoms with Crippen LogP contribution in [-0.4, -0.2) is 53.4 Å². The van der Waals surface area contributed by atoms with Gasteiger partial charge in [0.15, 0.2) is 14.1 Å². The molecule has 1 spiro atoms. The van der Waals surface area contributed by atoms with Crippen molar-refractivity contribution in [3.63, 3.8) is 0 Å². The molecule has 1 fully saturated rings. The zero-order valence-electron chi connectivity index (χ0n) is 19.7. The Morgan fingerprint density at radius 1 is 1.20 bits per heavy atom. The average Bonchev–Trinajstić information content (AvgIpc) is 2.73. The normalized spacial score (nSPS) is 31.9. The Morgan fingerprint density at radius 3 is 2.67 bits per heavy atom. The minimum absolute atomic E-state index is 0.0459. The minimum atomic E-state index is -1.97. The topological polar surface area (TPSA) is 54.0 Å². The molecule has 5 nitrogen and oxygen atoms in total. The highest BCUT2D eigenvalue weighted by atomic mass is 28.4. The van der Waals surface area contributed by atoms with Gasteiger partial charge in [0.2, 0.25) is 0 Å². The SMILES string of the molecule is COCCOCO[C@@H]1C=C2CCC3C=CC(=O)CC2(CC1)C3O[Si](C)(C)C(C)(C)C. The fraction of sp³-hybridized carbons (Fsp3) is 0.792. The monoisotopic (exact) mass is 436 g/mol. The van der Waals surface area contributed by atoms with E-state index < -0.39 is 8.32 Å². The Kier molecular flexibility index (Phi) is 7.45. The summed E-state index contributed by atoms with van der Waals surface area (Å²) in [4.78, 5) is 12.7. The van der Waals surface area contributed by atoms with Crippen LogP contribution >= 0.6 is 0 Å². The van der Waals surface area contributed by atoms with Crippen molar-refractivity contribution < 1.29 is 23.4 Å². The lowest BCUT2D eigenvalue weighted by atomic mass is 9.58. The number of carbonyl (C=O) groups excluding carboxylic acids is 1. The Labute approximate surface area is 183 Å². The Morgan fingerprint density at radius 2 is 1.97 bits per heavy atom. The first-order chi connectivity index (χ1) is 14.1. The third-order valence-electron chi connectivity index (χ3n) is 7.63. The fourth-order valence-electron chi connectivity index (χ4n) is 4.84. The first-order valence-electron chi connectivity index (χ1n) is 11.4. The van der Waals surface area contributed by atoms with Crippen LogP contribution < -0.4 is 0 Å². The van der Waals surface area contributed by atoms with Crippen LogP contribution in [0.1, 0.15) is 52.9 Å². The summed E-state index contributed by atoms with van der Waals surface area (Å²) in [7, 11) is -0.307. The van der Waals surface area contributed by atoms with E-state index in [-0.39, 0.29) is 35.2 Å². The summed E-state index contributed by atoms with van der Waals surface area (Å²) in [6.45, 7) is 12.9. The molecule has 6 heteroatoms. The maximum atomic E-state index is 12.7. The van der Waals surface area contributed by atoms with Crippen molar-refractivity contribution in [1.82, 2.24) is 0 Å². The van der Waals surface area contributed by atoms with Gasteiger partial charge in [0.25, 0.3) is 0 Å². The first-order valence-corrected chi connectivity index (χ1v) is 14.3. The van der Waals surface area contributed by atoms with Gasteiger partial charge >= 0.3 is 0 Å². The standard InChI is InChI=1S/C24H40O5Si/c1-23(2,3)30(5,6)29-22-18-7-9-19-15-21(28-17-27-14-13-26-4)11-12-24(19,22)16-20(25)10-8-18/h8,10,15,18,21-22H,7,9,11-14,16-17H2,1-6H3/t18?,21-,22?,24?/m0/s1. The molecule has 4 atom stereocenters. The molecule has 0 saturated heterocycles. The molecule has 170 valence electrons. The lowest BCUT2D eigenvalue weighted by Gasteiger charge is -2.54. The summed E-state index contributed by atoms with van der Waals surface area (Å²) < 4.78 is 23.5.